The Morgan fingerprint density at radius 3 is 2.66 bits per heavy atom. The lowest BCUT2D eigenvalue weighted by Gasteiger charge is -2.40. The third-order valence-electron chi connectivity index (χ3n) is 6.74. The number of Topliss-reactive ketones (excluding diaryl/α,β-unsaturated/α-hetero) is 1. The van der Waals surface area contributed by atoms with E-state index in [1.807, 2.05) is 12.1 Å². The van der Waals surface area contributed by atoms with Crippen LogP contribution in [0.1, 0.15) is 50.0 Å². The molecule has 1 fully saturated rings. The number of hydrogen-bond acceptors (Lipinski definition) is 5. The van der Waals surface area contributed by atoms with E-state index in [0.717, 1.165) is 55.0 Å². The molecule has 0 radical (unpaired) electrons. The fraction of sp³-hybridized carbons (Fsp3) is 0.375. The number of ketones is 1. The Morgan fingerprint density at radius 2 is 1.97 bits per heavy atom. The lowest BCUT2D eigenvalue weighted by molar-refractivity contribution is -0.121. The van der Waals surface area contributed by atoms with Gasteiger partial charge in [-0.05, 0) is 56.9 Å². The predicted octanol–water partition coefficient (Wildman–Crippen LogP) is 4.25. The Morgan fingerprint density at radius 1 is 1.16 bits per heavy atom. The molecule has 0 saturated heterocycles. The van der Waals surface area contributed by atoms with E-state index in [1.165, 1.54) is 12.4 Å². The van der Waals surface area contributed by atoms with E-state index >= 15 is 0 Å². The van der Waals surface area contributed by atoms with Crippen LogP contribution in [0.2, 0.25) is 0 Å². The molecule has 8 heteroatoms. The van der Waals surface area contributed by atoms with Crippen molar-refractivity contribution in [2.24, 2.45) is 10.7 Å². The molecule has 164 valence electrons. The molecule has 0 aromatic carbocycles. The summed E-state index contributed by atoms with van der Waals surface area (Å²) in [4.78, 5) is 30.0. The Balaban J connectivity index is 1.71. The molecule has 2 aliphatic rings. The molecule has 0 atom stereocenters. The van der Waals surface area contributed by atoms with Gasteiger partial charge in [-0.25, -0.2) is 24.3 Å². The largest absolute Gasteiger partial charge is 0.390 e. The summed E-state index contributed by atoms with van der Waals surface area (Å²) in [7, 11) is 0. The second-order valence-corrected chi connectivity index (χ2v) is 8.65. The lowest BCUT2D eigenvalue weighted by Crippen LogP contribution is -2.38. The fourth-order valence-corrected chi connectivity index (χ4v) is 5.07. The summed E-state index contributed by atoms with van der Waals surface area (Å²) in [6.45, 7) is 2.49. The highest BCUT2D eigenvalue weighted by Gasteiger charge is 2.43. The van der Waals surface area contributed by atoms with E-state index in [0.29, 0.717) is 35.8 Å². The summed E-state index contributed by atoms with van der Waals surface area (Å²) < 4.78 is 16.2. The number of halogens is 1. The minimum atomic E-state index is -0.341. The van der Waals surface area contributed by atoms with Crippen molar-refractivity contribution >= 4 is 17.9 Å². The highest BCUT2D eigenvalue weighted by Crippen LogP contribution is 2.47. The van der Waals surface area contributed by atoms with Gasteiger partial charge < -0.3 is 10.3 Å². The maximum atomic E-state index is 14.0. The molecular formula is C24H25FN6O. The van der Waals surface area contributed by atoms with E-state index in [-0.39, 0.29) is 11.2 Å². The first kappa shape index (κ1) is 20.5. The molecule has 1 aliphatic heterocycles. The summed E-state index contributed by atoms with van der Waals surface area (Å²) in [5.41, 5.74) is 8.79. The van der Waals surface area contributed by atoms with Crippen LogP contribution in [0.25, 0.3) is 22.6 Å². The first-order chi connectivity index (χ1) is 15.5. The zero-order valence-electron chi connectivity index (χ0n) is 18.0. The fourth-order valence-electron chi connectivity index (χ4n) is 5.07. The zero-order valence-corrected chi connectivity index (χ0v) is 18.0. The molecule has 5 rings (SSSR count). The Labute approximate surface area is 185 Å². The number of hydrogen-bond donors (Lipinski definition) is 1. The van der Waals surface area contributed by atoms with Gasteiger partial charge in [-0.15, -0.1) is 0 Å². The van der Waals surface area contributed by atoms with Gasteiger partial charge in [0.25, 0.3) is 0 Å². The topological polar surface area (TPSA) is 99.1 Å². The van der Waals surface area contributed by atoms with Crippen LogP contribution in [0.15, 0.2) is 35.5 Å². The average molecular weight is 433 g/mol. The smallest absolute Gasteiger partial charge is 0.153 e. The van der Waals surface area contributed by atoms with Crippen LogP contribution in [0.5, 0.6) is 0 Å². The lowest BCUT2D eigenvalue weighted by atomic mass is 9.69. The van der Waals surface area contributed by atoms with Gasteiger partial charge in [0.15, 0.2) is 5.82 Å². The maximum absolute atomic E-state index is 14.0. The average Bonchev–Trinajstić information content (AvgIpc) is 3.20. The molecule has 2 N–H and O–H groups in total. The van der Waals surface area contributed by atoms with Crippen molar-refractivity contribution < 1.29 is 9.18 Å². The monoisotopic (exact) mass is 432 g/mol. The Bertz CT molecular complexity index is 1200. The number of fused-ring (bicyclic) bond motifs is 2. The van der Waals surface area contributed by atoms with Crippen molar-refractivity contribution in [2.75, 3.05) is 0 Å². The summed E-state index contributed by atoms with van der Waals surface area (Å²) in [6.07, 6.45) is 7.85. The number of carbonyl (C=O) groups excluding carboxylic acids is 1. The number of aromatic nitrogens is 4. The summed E-state index contributed by atoms with van der Waals surface area (Å²) >= 11 is 0. The highest BCUT2D eigenvalue weighted by atomic mass is 19.1. The van der Waals surface area contributed by atoms with E-state index < -0.39 is 0 Å². The summed E-state index contributed by atoms with van der Waals surface area (Å²) in [5.74, 6) is 1.52. The third-order valence-corrected chi connectivity index (χ3v) is 6.74. The number of nitrogens with zero attached hydrogens (tertiary/aromatic N) is 5. The molecular weight excluding hydrogens is 407 g/mol. The molecule has 0 amide bonds. The molecule has 0 bridgehead atoms. The normalized spacial score (nSPS) is 17.8. The van der Waals surface area contributed by atoms with Gasteiger partial charge in [-0.3, -0.25) is 4.79 Å². The molecule has 4 heterocycles. The van der Waals surface area contributed by atoms with Gasteiger partial charge in [0.1, 0.15) is 23.1 Å². The van der Waals surface area contributed by atoms with Crippen molar-refractivity contribution in [3.63, 3.8) is 0 Å². The predicted molar refractivity (Wildman–Crippen MR) is 120 cm³/mol. The minimum Gasteiger partial charge on any atom is -0.390 e. The van der Waals surface area contributed by atoms with E-state index in [1.54, 1.807) is 19.2 Å². The van der Waals surface area contributed by atoms with Gasteiger partial charge in [0.2, 0.25) is 0 Å². The number of nitrogens with two attached hydrogens (primary N) is 1. The summed E-state index contributed by atoms with van der Waals surface area (Å²) in [5, 5.41) is 0. The van der Waals surface area contributed by atoms with E-state index in [2.05, 4.69) is 19.5 Å². The van der Waals surface area contributed by atoms with Crippen molar-refractivity contribution in [3.05, 3.63) is 47.8 Å². The van der Waals surface area contributed by atoms with Crippen molar-refractivity contribution in [3.8, 4) is 22.6 Å². The molecule has 0 unspecified atom stereocenters. The minimum absolute atomic E-state index is 0.106. The van der Waals surface area contributed by atoms with Crippen LogP contribution >= 0.6 is 0 Å². The molecule has 3 aromatic heterocycles. The van der Waals surface area contributed by atoms with Crippen LogP contribution in [-0.2, 0) is 16.8 Å². The number of imidazole rings is 1. The Hall–Kier alpha value is -3.42. The molecule has 7 nitrogen and oxygen atoms in total. The quantitative estimate of drug-likeness (QED) is 0.493. The molecule has 1 spiro atoms. The van der Waals surface area contributed by atoms with E-state index in [4.69, 9.17) is 10.7 Å². The second kappa shape index (κ2) is 7.93. The van der Waals surface area contributed by atoms with Gasteiger partial charge in [-0.1, -0.05) is 0 Å². The zero-order chi connectivity index (χ0) is 22.3. The first-order valence-electron chi connectivity index (χ1n) is 11.0. The number of aryl methyl sites for hydroxylation is 1. The molecule has 3 aromatic rings. The standard InChI is InChI=1S/C24H25FN6O/c1-15-18(25)4-5-19(29-15)21-22(16-3-6-20(27-13-16)28-14-26)31-12-2-9-24(23(31)30-21)10-7-17(32)8-11-24/h3-6,13-14H,2,7-12H2,1H3,(H2,26,27,28). The van der Waals surface area contributed by atoms with E-state index in [9.17, 15) is 9.18 Å². The van der Waals surface area contributed by atoms with Crippen molar-refractivity contribution in [2.45, 2.75) is 57.4 Å². The number of rotatable bonds is 3. The number of pyridine rings is 2. The van der Waals surface area contributed by atoms with Crippen LogP contribution in [0, 0.1) is 12.7 Å². The second-order valence-electron chi connectivity index (χ2n) is 8.65. The number of aliphatic imine (C=N–C) groups is 1. The number of carbonyl (C=O) groups is 1. The van der Waals surface area contributed by atoms with Crippen molar-refractivity contribution in [1.29, 1.82) is 0 Å². The maximum Gasteiger partial charge on any atom is 0.153 e. The van der Waals surface area contributed by atoms with Crippen molar-refractivity contribution in [1.82, 2.24) is 19.5 Å². The van der Waals surface area contributed by atoms with Crippen LogP contribution in [-0.4, -0.2) is 31.6 Å². The van der Waals surface area contributed by atoms with Gasteiger partial charge in [-0.2, -0.15) is 0 Å². The van der Waals surface area contributed by atoms with Crippen LogP contribution < -0.4 is 5.73 Å². The molecule has 1 aliphatic carbocycles. The molecule has 32 heavy (non-hydrogen) atoms. The SMILES string of the molecule is Cc1nc(-c2nc3n(c2-c2ccc(N=CN)nc2)CCCC32CCC(=O)CC2)ccc1F. The first-order valence-corrected chi connectivity index (χ1v) is 11.0. The van der Waals surface area contributed by atoms with Gasteiger partial charge in [0, 0.05) is 36.6 Å². The van der Waals surface area contributed by atoms with Gasteiger partial charge in [0.05, 0.1) is 23.4 Å². The highest BCUT2D eigenvalue weighted by molar-refractivity contribution is 5.80. The van der Waals surface area contributed by atoms with Gasteiger partial charge >= 0.3 is 0 Å². The molecule has 1 saturated carbocycles. The van der Waals surface area contributed by atoms with Crippen LogP contribution in [0.3, 0.4) is 0 Å². The summed E-state index contributed by atoms with van der Waals surface area (Å²) in [6, 6.07) is 6.87. The Kier molecular flexibility index (Phi) is 5.07. The van der Waals surface area contributed by atoms with Crippen LogP contribution in [0.4, 0.5) is 10.2 Å². The third kappa shape index (κ3) is 3.39.